The van der Waals surface area contributed by atoms with E-state index in [-0.39, 0.29) is 23.4 Å². The zero-order valence-electron chi connectivity index (χ0n) is 17.5. The van der Waals surface area contributed by atoms with Crippen LogP contribution < -0.4 is 21.5 Å². The van der Waals surface area contributed by atoms with Crippen LogP contribution >= 0.6 is 0 Å². The van der Waals surface area contributed by atoms with Crippen LogP contribution in [0, 0.1) is 0 Å². The maximum Gasteiger partial charge on any atom is 0.335 e. The third-order valence-electron chi connectivity index (χ3n) is 5.44. The zero-order valence-corrected chi connectivity index (χ0v) is 17.5. The molecular formula is C20H23N7O6. The summed E-state index contributed by atoms with van der Waals surface area (Å²) in [4.78, 5) is 36.5. The first kappa shape index (κ1) is 22.4. The number of aliphatic hydroxyl groups excluding tert-OH is 1. The molecule has 5 atom stereocenters. The van der Waals surface area contributed by atoms with Crippen molar-refractivity contribution in [2.45, 2.75) is 36.9 Å². The number of nitrogens with one attached hydrogen (secondary N) is 1. The minimum Gasteiger partial charge on any atom is -0.497 e. The van der Waals surface area contributed by atoms with Crippen molar-refractivity contribution in [3.63, 3.8) is 0 Å². The van der Waals surface area contributed by atoms with Gasteiger partial charge in [-0.2, -0.15) is 0 Å². The van der Waals surface area contributed by atoms with Crippen molar-refractivity contribution >= 4 is 28.9 Å². The topological polar surface area (TPSA) is 201 Å². The smallest absolute Gasteiger partial charge is 0.335 e. The Labute approximate surface area is 187 Å². The summed E-state index contributed by atoms with van der Waals surface area (Å²) in [5.74, 6) is -1.20. The number of carbonyl (C=O) groups is 2. The van der Waals surface area contributed by atoms with Gasteiger partial charge in [0.1, 0.15) is 23.7 Å². The number of carbonyl (C=O) groups excluding carboxylic acids is 1. The van der Waals surface area contributed by atoms with E-state index in [4.69, 9.17) is 20.9 Å². The number of imidazole rings is 1. The predicted molar refractivity (Wildman–Crippen MR) is 114 cm³/mol. The van der Waals surface area contributed by atoms with Crippen molar-refractivity contribution < 1.29 is 29.3 Å². The summed E-state index contributed by atoms with van der Waals surface area (Å²) in [5, 5.41) is 23.0. The first-order chi connectivity index (χ1) is 15.8. The number of hydrogen-bond acceptors (Lipinski definition) is 10. The fourth-order valence-electron chi connectivity index (χ4n) is 3.71. The Hall–Kier alpha value is -3.81. The van der Waals surface area contributed by atoms with E-state index in [0.29, 0.717) is 5.75 Å². The highest BCUT2D eigenvalue weighted by Crippen LogP contribution is 2.32. The summed E-state index contributed by atoms with van der Waals surface area (Å²) in [7, 11) is 1.55. The molecule has 1 fully saturated rings. The van der Waals surface area contributed by atoms with Gasteiger partial charge >= 0.3 is 5.97 Å². The molecule has 4 rings (SSSR count). The number of aromatic nitrogens is 4. The molecule has 1 aliphatic rings. The molecule has 3 heterocycles. The van der Waals surface area contributed by atoms with Gasteiger partial charge in [0.05, 0.1) is 25.5 Å². The van der Waals surface area contributed by atoms with E-state index in [0.717, 1.165) is 5.56 Å². The molecule has 0 spiro atoms. The first-order valence-electron chi connectivity index (χ1n) is 9.98. The number of benzene rings is 1. The molecule has 0 bridgehead atoms. The van der Waals surface area contributed by atoms with Gasteiger partial charge in [0.25, 0.3) is 0 Å². The van der Waals surface area contributed by atoms with Crippen molar-refractivity contribution in [1.82, 2.24) is 24.8 Å². The molecular weight excluding hydrogens is 434 g/mol. The van der Waals surface area contributed by atoms with Crippen molar-refractivity contribution in [2.24, 2.45) is 5.73 Å². The van der Waals surface area contributed by atoms with Gasteiger partial charge < -0.3 is 36.5 Å². The van der Waals surface area contributed by atoms with Gasteiger partial charge in [-0.25, -0.2) is 19.7 Å². The van der Waals surface area contributed by atoms with Crippen LogP contribution in [-0.2, 0) is 20.7 Å². The van der Waals surface area contributed by atoms with E-state index in [1.807, 2.05) is 0 Å². The molecule has 13 nitrogen and oxygen atoms in total. The Balaban J connectivity index is 1.51. The number of carboxylic acids is 1. The van der Waals surface area contributed by atoms with Crippen LogP contribution in [0.2, 0.25) is 0 Å². The zero-order chi connectivity index (χ0) is 23.7. The molecule has 0 saturated carbocycles. The number of nitrogen functional groups attached to an aromatic ring is 1. The number of nitrogens with two attached hydrogens (primary N) is 2. The molecule has 2 aromatic heterocycles. The largest absolute Gasteiger partial charge is 0.497 e. The monoisotopic (exact) mass is 457 g/mol. The molecule has 0 radical (unpaired) electrons. The normalized spacial score (nSPS) is 23.4. The number of ether oxygens (including phenoxy) is 2. The number of rotatable bonds is 7. The van der Waals surface area contributed by atoms with Crippen LogP contribution in [-0.4, -0.2) is 73.0 Å². The minimum absolute atomic E-state index is 0.121. The van der Waals surface area contributed by atoms with E-state index < -0.39 is 42.4 Å². The third kappa shape index (κ3) is 4.28. The molecule has 1 aromatic carbocycles. The van der Waals surface area contributed by atoms with Crippen LogP contribution in [0.1, 0.15) is 11.8 Å². The highest BCUT2D eigenvalue weighted by atomic mass is 16.6. The van der Waals surface area contributed by atoms with Gasteiger partial charge in [-0.1, -0.05) is 12.1 Å². The number of carboxylic acid groups (broad SMARTS) is 1. The summed E-state index contributed by atoms with van der Waals surface area (Å²) in [6.07, 6.45) is -1.43. The average Bonchev–Trinajstić information content (AvgIpc) is 3.36. The number of aliphatic hydroxyl groups is 1. The number of fused-ring (bicyclic) bond motifs is 1. The Bertz CT molecular complexity index is 1170. The number of anilines is 1. The number of hydrogen-bond donors (Lipinski definition) is 5. The molecule has 33 heavy (non-hydrogen) atoms. The quantitative estimate of drug-likeness (QED) is 0.286. The van der Waals surface area contributed by atoms with Crippen molar-refractivity contribution in [3.8, 4) is 5.75 Å². The molecule has 174 valence electrons. The van der Waals surface area contributed by atoms with Gasteiger partial charge in [0.2, 0.25) is 5.91 Å². The van der Waals surface area contributed by atoms with E-state index in [1.165, 1.54) is 17.2 Å². The lowest BCUT2D eigenvalue weighted by molar-refractivity contribution is -0.152. The van der Waals surface area contributed by atoms with Crippen molar-refractivity contribution in [1.29, 1.82) is 0 Å². The van der Waals surface area contributed by atoms with Crippen LogP contribution in [0.3, 0.4) is 0 Å². The summed E-state index contributed by atoms with van der Waals surface area (Å²) in [6, 6.07) is 4.77. The first-order valence-corrected chi connectivity index (χ1v) is 9.98. The van der Waals surface area contributed by atoms with Crippen molar-refractivity contribution in [2.75, 3.05) is 12.8 Å². The van der Waals surface area contributed by atoms with Crippen LogP contribution in [0.25, 0.3) is 11.2 Å². The van der Waals surface area contributed by atoms with E-state index in [2.05, 4.69) is 20.3 Å². The molecule has 3 aromatic rings. The number of nitrogens with zero attached hydrogens (tertiary/aromatic N) is 4. The summed E-state index contributed by atoms with van der Waals surface area (Å²) >= 11 is 0. The average molecular weight is 457 g/mol. The number of aliphatic carboxylic acids is 1. The van der Waals surface area contributed by atoms with Gasteiger partial charge in [-0.05, 0) is 24.1 Å². The second-order valence-electron chi connectivity index (χ2n) is 7.55. The molecule has 1 amide bonds. The van der Waals surface area contributed by atoms with Gasteiger partial charge in [-0.15, -0.1) is 0 Å². The Morgan fingerprint density at radius 2 is 2.00 bits per heavy atom. The maximum absolute atomic E-state index is 12.7. The van der Waals surface area contributed by atoms with Crippen LogP contribution in [0.4, 0.5) is 5.82 Å². The summed E-state index contributed by atoms with van der Waals surface area (Å²) < 4.78 is 12.0. The molecule has 13 heteroatoms. The van der Waals surface area contributed by atoms with Gasteiger partial charge in [-0.3, -0.25) is 9.36 Å². The van der Waals surface area contributed by atoms with Crippen LogP contribution in [0.5, 0.6) is 5.75 Å². The lowest BCUT2D eigenvalue weighted by Gasteiger charge is -2.22. The minimum atomic E-state index is -1.53. The summed E-state index contributed by atoms with van der Waals surface area (Å²) in [5.41, 5.74) is 13.1. The lowest BCUT2D eigenvalue weighted by atomic mass is 10.0. The molecule has 0 unspecified atom stereocenters. The fraction of sp³-hybridized carbons (Fsp3) is 0.350. The predicted octanol–water partition coefficient (Wildman–Crippen LogP) is -1.19. The van der Waals surface area contributed by atoms with E-state index in [1.54, 1.807) is 31.4 Å². The Morgan fingerprint density at radius 1 is 1.27 bits per heavy atom. The Kier molecular flexibility index (Phi) is 6.09. The highest BCUT2D eigenvalue weighted by Gasteiger charge is 2.49. The molecule has 1 aliphatic heterocycles. The van der Waals surface area contributed by atoms with E-state index in [9.17, 15) is 19.8 Å². The summed E-state index contributed by atoms with van der Waals surface area (Å²) in [6.45, 7) is 0. The second-order valence-corrected chi connectivity index (χ2v) is 7.55. The fourth-order valence-corrected chi connectivity index (χ4v) is 3.71. The number of methoxy groups -OCH3 is 1. The standard InChI is InChI=1S/C20H23N7O6/c1-32-10-4-2-9(3-5-10)6-11(21)18(29)26-12-14(28)19(33-15(12)20(30)31)27-8-25-13-16(22)23-7-24-17(13)27/h2-5,7-8,11-12,14-15,19,28H,6,21H2,1H3,(H,26,29)(H,30,31)(H2,22,23,24)/t11-,12-,14+,15-,19-/m0/s1. The highest BCUT2D eigenvalue weighted by molar-refractivity contribution is 5.84. The molecule has 1 saturated heterocycles. The number of amides is 1. The molecule has 7 N–H and O–H groups in total. The van der Waals surface area contributed by atoms with Gasteiger partial charge in [0.15, 0.2) is 23.8 Å². The molecule has 0 aliphatic carbocycles. The third-order valence-corrected chi connectivity index (χ3v) is 5.44. The SMILES string of the molecule is COc1ccc(C[C@H](N)C(=O)N[C@H]2[C@@H](O)[C@@H](n3cnc4c(N)ncnc43)O[C@@H]2C(=O)O)cc1. The van der Waals surface area contributed by atoms with E-state index >= 15 is 0 Å². The lowest BCUT2D eigenvalue weighted by Crippen LogP contribution is -2.54. The second kappa shape index (κ2) is 8.97. The maximum atomic E-state index is 12.7. The van der Waals surface area contributed by atoms with Crippen LogP contribution in [0.15, 0.2) is 36.9 Å². The Morgan fingerprint density at radius 3 is 2.67 bits per heavy atom. The van der Waals surface area contributed by atoms with Crippen molar-refractivity contribution in [3.05, 3.63) is 42.5 Å². The van der Waals surface area contributed by atoms with Gasteiger partial charge in [0, 0.05) is 0 Å².